The minimum Gasteiger partial charge on any atom is -0.459 e. The number of nitrogens with one attached hydrogen (secondary N) is 1. The Morgan fingerprint density at radius 2 is 1.79 bits per heavy atom. The Kier molecular flexibility index (Phi) is 4.00. The van der Waals surface area contributed by atoms with Crippen molar-refractivity contribution in [2.45, 2.75) is 60.0 Å². The van der Waals surface area contributed by atoms with Crippen LogP contribution in [0.3, 0.4) is 0 Å². The van der Waals surface area contributed by atoms with Gasteiger partial charge >= 0.3 is 0 Å². The first-order chi connectivity index (χ1) is 8.91. The summed E-state index contributed by atoms with van der Waals surface area (Å²) in [5.74, 6) is 1.56. The van der Waals surface area contributed by atoms with E-state index >= 15 is 0 Å². The predicted octanol–water partition coefficient (Wildman–Crippen LogP) is 4.67. The van der Waals surface area contributed by atoms with Gasteiger partial charge in [0.1, 0.15) is 11.3 Å². The molecule has 1 aromatic heterocycles. The Morgan fingerprint density at radius 3 is 2.37 bits per heavy atom. The van der Waals surface area contributed by atoms with Gasteiger partial charge in [0.05, 0.1) is 6.54 Å². The zero-order valence-electron chi connectivity index (χ0n) is 12.9. The summed E-state index contributed by atoms with van der Waals surface area (Å²) in [6.07, 6.45) is 0. The van der Waals surface area contributed by atoms with Gasteiger partial charge in [-0.2, -0.15) is 0 Å². The molecular formula is C17H25NO. The van der Waals surface area contributed by atoms with Crippen LogP contribution in [0, 0.1) is 13.8 Å². The molecular weight excluding hydrogens is 234 g/mol. The second-order valence-corrected chi connectivity index (χ2v) is 6.02. The Morgan fingerprint density at radius 1 is 1.11 bits per heavy atom. The van der Waals surface area contributed by atoms with E-state index in [1.807, 2.05) is 0 Å². The van der Waals surface area contributed by atoms with Gasteiger partial charge in [-0.3, -0.25) is 0 Å². The summed E-state index contributed by atoms with van der Waals surface area (Å²) in [6, 6.07) is 4.88. The fourth-order valence-electron chi connectivity index (χ4n) is 2.53. The molecule has 0 amide bonds. The van der Waals surface area contributed by atoms with Gasteiger partial charge in [0.25, 0.3) is 0 Å². The standard InChI is InChI=1S/C17H25NO/c1-10(2)14-8-7-12(5)16-13(6)15(19-17(14)16)9-18-11(3)4/h7-8,10-11,18H,9H2,1-6H3. The third-order valence-corrected chi connectivity index (χ3v) is 3.71. The molecule has 0 aliphatic carbocycles. The summed E-state index contributed by atoms with van der Waals surface area (Å²) in [5.41, 5.74) is 4.96. The fraction of sp³-hybridized carbons (Fsp3) is 0.529. The maximum absolute atomic E-state index is 6.16. The molecule has 0 unspecified atom stereocenters. The van der Waals surface area contributed by atoms with Crippen molar-refractivity contribution in [3.8, 4) is 0 Å². The summed E-state index contributed by atoms with van der Waals surface area (Å²) in [4.78, 5) is 0. The maximum Gasteiger partial charge on any atom is 0.138 e. The lowest BCUT2D eigenvalue weighted by atomic mass is 9.97. The Balaban J connectivity index is 2.54. The predicted molar refractivity (Wildman–Crippen MR) is 81.8 cm³/mol. The van der Waals surface area contributed by atoms with Crippen LogP contribution in [0.5, 0.6) is 0 Å². The molecule has 104 valence electrons. The highest BCUT2D eigenvalue weighted by Crippen LogP contribution is 2.33. The Labute approximate surface area is 116 Å². The average molecular weight is 259 g/mol. The van der Waals surface area contributed by atoms with Crippen LogP contribution in [-0.2, 0) is 6.54 Å². The van der Waals surface area contributed by atoms with Crippen molar-refractivity contribution < 1.29 is 4.42 Å². The van der Waals surface area contributed by atoms with Gasteiger partial charge < -0.3 is 9.73 Å². The van der Waals surface area contributed by atoms with Crippen molar-refractivity contribution >= 4 is 11.0 Å². The first-order valence-electron chi connectivity index (χ1n) is 7.16. The molecule has 2 rings (SSSR count). The van der Waals surface area contributed by atoms with Crippen molar-refractivity contribution in [2.75, 3.05) is 0 Å². The van der Waals surface area contributed by atoms with E-state index in [1.165, 1.54) is 22.1 Å². The zero-order valence-corrected chi connectivity index (χ0v) is 12.9. The molecule has 19 heavy (non-hydrogen) atoms. The molecule has 1 heterocycles. The molecule has 1 N–H and O–H groups in total. The van der Waals surface area contributed by atoms with Crippen LogP contribution in [0.2, 0.25) is 0 Å². The maximum atomic E-state index is 6.16. The molecule has 1 aromatic carbocycles. The molecule has 2 heteroatoms. The van der Waals surface area contributed by atoms with Crippen LogP contribution in [0.1, 0.15) is 56.1 Å². The molecule has 0 saturated heterocycles. The monoisotopic (exact) mass is 259 g/mol. The van der Waals surface area contributed by atoms with E-state index in [0.717, 1.165) is 17.9 Å². The molecule has 0 atom stereocenters. The smallest absolute Gasteiger partial charge is 0.138 e. The minimum atomic E-state index is 0.471. The molecule has 0 spiro atoms. The fourth-order valence-corrected chi connectivity index (χ4v) is 2.53. The lowest BCUT2D eigenvalue weighted by molar-refractivity contribution is 0.483. The van der Waals surface area contributed by atoms with Crippen LogP contribution in [0.4, 0.5) is 0 Å². The van der Waals surface area contributed by atoms with Crippen molar-refractivity contribution in [1.29, 1.82) is 0 Å². The van der Waals surface area contributed by atoms with E-state index < -0.39 is 0 Å². The molecule has 0 radical (unpaired) electrons. The number of furan rings is 1. The van der Waals surface area contributed by atoms with E-state index in [4.69, 9.17) is 4.42 Å². The van der Waals surface area contributed by atoms with E-state index in [-0.39, 0.29) is 0 Å². The van der Waals surface area contributed by atoms with Crippen molar-refractivity contribution in [3.63, 3.8) is 0 Å². The third kappa shape index (κ3) is 2.69. The highest BCUT2D eigenvalue weighted by atomic mass is 16.3. The van der Waals surface area contributed by atoms with Gasteiger partial charge in [-0.15, -0.1) is 0 Å². The molecule has 0 bridgehead atoms. The van der Waals surface area contributed by atoms with Crippen molar-refractivity contribution in [2.24, 2.45) is 0 Å². The normalized spacial score (nSPS) is 12.0. The van der Waals surface area contributed by atoms with Gasteiger partial charge in [-0.25, -0.2) is 0 Å². The SMILES string of the molecule is Cc1ccc(C(C)C)c2oc(CNC(C)C)c(C)c12. The number of aryl methyl sites for hydroxylation is 2. The number of rotatable bonds is 4. The second-order valence-electron chi connectivity index (χ2n) is 6.02. The number of fused-ring (bicyclic) bond motifs is 1. The molecule has 0 aliphatic rings. The lowest BCUT2D eigenvalue weighted by Gasteiger charge is -2.07. The Bertz CT molecular complexity index is 578. The molecule has 0 fully saturated rings. The first-order valence-corrected chi connectivity index (χ1v) is 7.16. The molecule has 2 aromatic rings. The minimum absolute atomic E-state index is 0.471. The van der Waals surface area contributed by atoms with Gasteiger partial charge in [-0.05, 0) is 36.5 Å². The summed E-state index contributed by atoms with van der Waals surface area (Å²) in [5, 5.41) is 4.74. The number of benzene rings is 1. The van der Waals surface area contributed by atoms with Crippen LogP contribution < -0.4 is 5.32 Å². The number of hydrogen-bond donors (Lipinski definition) is 1. The van der Waals surface area contributed by atoms with Gasteiger partial charge in [0.2, 0.25) is 0 Å². The zero-order chi connectivity index (χ0) is 14.2. The second kappa shape index (κ2) is 5.38. The lowest BCUT2D eigenvalue weighted by Crippen LogP contribution is -2.21. The van der Waals surface area contributed by atoms with Gasteiger partial charge in [0.15, 0.2) is 0 Å². The van der Waals surface area contributed by atoms with Gasteiger partial charge in [-0.1, -0.05) is 39.8 Å². The summed E-state index contributed by atoms with van der Waals surface area (Å²) in [7, 11) is 0. The van der Waals surface area contributed by atoms with E-state index in [9.17, 15) is 0 Å². The summed E-state index contributed by atoms with van der Waals surface area (Å²) in [6.45, 7) is 13.9. The topological polar surface area (TPSA) is 25.2 Å². The summed E-state index contributed by atoms with van der Waals surface area (Å²) >= 11 is 0. The molecule has 0 saturated carbocycles. The highest BCUT2D eigenvalue weighted by Gasteiger charge is 2.17. The quantitative estimate of drug-likeness (QED) is 0.863. The molecule has 2 nitrogen and oxygen atoms in total. The summed E-state index contributed by atoms with van der Waals surface area (Å²) < 4.78 is 6.16. The van der Waals surface area contributed by atoms with E-state index in [0.29, 0.717) is 12.0 Å². The largest absolute Gasteiger partial charge is 0.459 e. The highest BCUT2D eigenvalue weighted by molar-refractivity contribution is 5.88. The molecule has 0 aliphatic heterocycles. The first kappa shape index (κ1) is 14.1. The van der Waals surface area contributed by atoms with Gasteiger partial charge in [0, 0.05) is 11.4 Å². The van der Waals surface area contributed by atoms with Crippen LogP contribution in [0.25, 0.3) is 11.0 Å². The van der Waals surface area contributed by atoms with Crippen molar-refractivity contribution in [3.05, 3.63) is 34.6 Å². The van der Waals surface area contributed by atoms with E-state index in [1.54, 1.807) is 0 Å². The van der Waals surface area contributed by atoms with Crippen molar-refractivity contribution in [1.82, 2.24) is 5.32 Å². The number of hydrogen-bond acceptors (Lipinski definition) is 2. The van der Waals surface area contributed by atoms with Crippen LogP contribution >= 0.6 is 0 Å². The van der Waals surface area contributed by atoms with E-state index in [2.05, 4.69) is 59.0 Å². The Hall–Kier alpha value is -1.28. The average Bonchev–Trinajstić information content (AvgIpc) is 2.65. The van der Waals surface area contributed by atoms with Crippen LogP contribution in [-0.4, -0.2) is 6.04 Å². The third-order valence-electron chi connectivity index (χ3n) is 3.71. The van der Waals surface area contributed by atoms with Crippen LogP contribution in [0.15, 0.2) is 16.5 Å².